The van der Waals surface area contributed by atoms with E-state index in [4.69, 9.17) is 23.2 Å². The molecule has 34 heavy (non-hydrogen) atoms. The number of rotatable bonds is 2. The first-order valence-corrected chi connectivity index (χ1v) is 9.07. The number of carbonyl (C=O) groups is 1. The lowest BCUT2D eigenvalue weighted by Gasteiger charge is -2.15. The van der Waals surface area contributed by atoms with Crippen LogP contribution in [0.3, 0.4) is 0 Å². The van der Waals surface area contributed by atoms with Crippen LogP contribution in [0.5, 0.6) is 0 Å². The lowest BCUT2D eigenvalue weighted by atomic mass is 10.2. The molecule has 2 aromatic heterocycles. The highest BCUT2D eigenvalue weighted by molar-refractivity contribution is 6.38. The monoisotopic (exact) mass is 541 g/mol. The van der Waals surface area contributed by atoms with Crippen LogP contribution in [0, 0.1) is 0 Å². The highest BCUT2D eigenvalue weighted by Gasteiger charge is 2.43. The van der Waals surface area contributed by atoms with Gasteiger partial charge in [-0.1, -0.05) is 23.2 Å². The molecule has 18 heteroatoms. The number of halogens is 11. The Balaban J connectivity index is 2.46. The molecule has 0 unspecified atom stereocenters. The maximum absolute atomic E-state index is 13.6. The summed E-state index contributed by atoms with van der Waals surface area (Å²) in [6.07, 6.45) is -17.3. The predicted molar refractivity (Wildman–Crippen MR) is 97.7 cm³/mol. The van der Waals surface area contributed by atoms with Crippen LogP contribution in [0.2, 0.25) is 10.0 Å². The van der Waals surface area contributed by atoms with Crippen LogP contribution < -0.4 is 5.32 Å². The minimum Gasteiger partial charge on any atom is -0.453 e. The van der Waals surface area contributed by atoms with Crippen molar-refractivity contribution in [3.05, 3.63) is 39.3 Å². The van der Waals surface area contributed by atoms with E-state index in [0.717, 1.165) is 7.11 Å². The molecule has 3 aromatic rings. The van der Waals surface area contributed by atoms with Crippen molar-refractivity contribution in [3.63, 3.8) is 0 Å². The van der Waals surface area contributed by atoms with Gasteiger partial charge in [0.25, 0.3) is 0 Å². The standard InChI is InChI=1S/C16H6Cl2F9N5O2/c1-34-13(33)30-11-7-9(15(22,23)24)28-12(16(25,26)27)29-10(7)31-32(11)8-5(17)2-4(3-6(8)18)14(19,20)21/h2-3H,1H3,(H,30,33). The average molecular weight is 542 g/mol. The molecule has 1 aromatic carbocycles. The average Bonchev–Trinajstić information content (AvgIpc) is 3.02. The second-order valence-corrected chi connectivity index (χ2v) is 7.07. The van der Waals surface area contributed by atoms with Gasteiger partial charge in [0.1, 0.15) is 5.69 Å². The minimum absolute atomic E-state index is 0.288. The lowest BCUT2D eigenvalue weighted by molar-refractivity contribution is -0.151. The SMILES string of the molecule is COC(=O)Nc1c2c(C(F)(F)F)nc(C(F)(F)F)nc2nn1-c1c(Cl)cc(C(F)(F)F)cc1Cl. The molecule has 7 nitrogen and oxygen atoms in total. The molecule has 0 saturated heterocycles. The predicted octanol–water partition coefficient (Wildman–Crippen LogP) is 6.36. The molecule has 3 rings (SSSR count). The number of nitrogens with one attached hydrogen (secondary N) is 1. The summed E-state index contributed by atoms with van der Waals surface area (Å²) in [4.78, 5) is 17.2. The van der Waals surface area contributed by atoms with Gasteiger partial charge in [-0.3, -0.25) is 5.32 Å². The van der Waals surface area contributed by atoms with E-state index in [1.54, 1.807) is 5.32 Å². The van der Waals surface area contributed by atoms with E-state index in [0.29, 0.717) is 12.1 Å². The summed E-state index contributed by atoms with van der Waals surface area (Å²) in [5.41, 5.74) is -5.43. The van der Waals surface area contributed by atoms with Crippen LogP contribution >= 0.6 is 23.2 Å². The zero-order chi connectivity index (χ0) is 25.8. The van der Waals surface area contributed by atoms with E-state index in [9.17, 15) is 44.3 Å². The van der Waals surface area contributed by atoms with Crippen molar-refractivity contribution in [1.29, 1.82) is 0 Å². The molecule has 184 valence electrons. The van der Waals surface area contributed by atoms with Crippen LogP contribution in [-0.4, -0.2) is 33.0 Å². The Bertz CT molecular complexity index is 1260. The van der Waals surface area contributed by atoms with E-state index in [1.165, 1.54) is 0 Å². The lowest BCUT2D eigenvalue weighted by Crippen LogP contribution is -2.19. The third-order valence-electron chi connectivity index (χ3n) is 4.02. The second-order valence-electron chi connectivity index (χ2n) is 6.25. The molecular weight excluding hydrogens is 536 g/mol. The maximum Gasteiger partial charge on any atom is 0.451 e. The van der Waals surface area contributed by atoms with Crippen LogP contribution in [0.4, 0.5) is 50.1 Å². The molecule has 1 N–H and O–H groups in total. The van der Waals surface area contributed by atoms with Gasteiger partial charge < -0.3 is 4.74 Å². The molecule has 0 aliphatic carbocycles. The van der Waals surface area contributed by atoms with E-state index < -0.39 is 74.3 Å². The molecule has 2 heterocycles. The summed E-state index contributed by atoms with van der Waals surface area (Å²) in [6, 6.07) is 0.684. The quantitative estimate of drug-likeness (QED) is 0.382. The molecule has 0 radical (unpaired) electrons. The number of nitrogens with zero attached hydrogens (tertiary/aromatic N) is 4. The Hall–Kier alpha value is -3.01. The van der Waals surface area contributed by atoms with Crippen LogP contribution in [-0.2, 0) is 23.3 Å². The summed E-state index contributed by atoms with van der Waals surface area (Å²) in [7, 11) is 0.805. The number of carbonyl (C=O) groups excluding carboxylic acids is 1. The van der Waals surface area contributed by atoms with Gasteiger partial charge in [-0.25, -0.2) is 19.4 Å². The van der Waals surface area contributed by atoms with Crippen molar-refractivity contribution in [2.24, 2.45) is 0 Å². The number of alkyl halides is 9. The summed E-state index contributed by atoms with van der Waals surface area (Å²) in [6.45, 7) is 0. The molecule has 0 aliphatic heterocycles. The first-order valence-electron chi connectivity index (χ1n) is 8.32. The van der Waals surface area contributed by atoms with E-state index in [1.807, 2.05) is 0 Å². The highest BCUT2D eigenvalue weighted by atomic mass is 35.5. The fourth-order valence-electron chi connectivity index (χ4n) is 2.68. The van der Waals surface area contributed by atoms with Gasteiger partial charge >= 0.3 is 24.6 Å². The fraction of sp³-hybridized carbons (Fsp3) is 0.250. The number of hydrogen-bond acceptors (Lipinski definition) is 5. The zero-order valence-electron chi connectivity index (χ0n) is 15.9. The molecule has 1 amide bonds. The number of anilines is 1. The summed E-state index contributed by atoms with van der Waals surface area (Å²) in [5, 5.41) is 2.39. The molecule has 0 spiro atoms. The fourth-order valence-corrected chi connectivity index (χ4v) is 3.33. The Morgan fingerprint density at radius 1 is 0.941 bits per heavy atom. The Labute approximate surface area is 191 Å². The van der Waals surface area contributed by atoms with Crippen LogP contribution in [0.15, 0.2) is 12.1 Å². The number of hydrogen-bond donors (Lipinski definition) is 1. The van der Waals surface area contributed by atoms with E-state index in [-0.39, 0.29) is 4.68 Å². The number of aromatic nitrogens is 4. The Kier molecular flexibility index (Phi) is 6.28. The molecule has 0 saturated carbocycles. The largest absolute Gasteiger partial charge is 0.453 e. The smallest absolute Gasteiger partial charge is 0.451 e. The van der Waals surface area contributed by atoms with Gasteiger partial charge in [0.15, 0.2) is 17.2 Å². The Morgan fingerprint density at radius 3 is 1.94 bits per heavy atom. The number of fused-ring (bicyclic) bond motifs is 1. The number of methoxy groups -OCH3 is 1. The van der Waals surface area contributed by atoms with Gasteiger partial charge in [0.05, 0.1) is 28.1 Å². The number of amides is 1. The second kappa shape index (κ2) is 8.33. The van der Waals surface area contributed by atoms with E-state index >= 15 is 0 Å². The molecule has 0 bridgehead atoms. The molecular formula is C16H6Cl2F9N5O2. The topological polar surface area (TPSA) is 81.9 Å². The normalized spacial score (nSPS) is 12.8. The number of ether oxygens (including phenoxy) is 1. The van der Waals surface area contributed by atoms with Gasteiger partial charge in [-0.05, 0) is 12.1 Å². The third-order valence-corrected chi connectivity index (χ3v) is 4.59. The summed E-state index contributed by atoms with van der Waals surface area (Å²) >= 11 is 11.7. The molecule has 0 atom stereocenters. The zero-order valence-corrected chi connectivity index (χ0v) is 17.4. The van der Waals surface area contributed by atoms with Gasteiger partial charge in [-0.2, -0.15) is 39.5 Å². The van der Waals surface area contributed by atoms with Gasteiger partial charge in [0, 0.05) is 0 Å². The van der Waals surface area contributed by atoms with Crippen molar-refractivity contribution in [3.8, 4) is 5.69 Å². The van der Waals surface area contributed by atoms with Crippen molar-refractivity contribution in [2.45, 2.75) is 18.5 Å². The third kappa shape index (κ3) is 4.77. The van der Waals surface area contributed by atoms with Crippen molar-refractivity contribution in [2.75, 3.05) is 12.4 Å². The number of benzene rings is 1. The minimum atomic E-state index is -5.52. The van der Waals surface area contributed by atoms with Crippen molar-refractivity contribution >= 4 is 46.1 Å². The summed E-state index contributed by atoms with van der Waals surface area (Å²) in [5.74, 6) is -3.24. The molecule has 0 fully saturated rings. The summed E-state index contributed by atoms with van der Waals surface area (Å²) < 4.78 is 124. The van der Waals surface area contributed by atoms with E-state index in [2.05, 4.69) is 19.8 Å². The highest BCUT2D eigenvalue weighted by Crippen LogP contribution is 2.43. The van der Waals surface area contributed by atoms with Crippen LogP contribution in [0.1, 0.15) is 17.1 Å². The van der Waals surface area contributed by atoms with Crippen molar-refractivity contribution in [1.82, 2.24) is 19.7 Å². The maximum atomic E-state index is 13.6. The first kappa shape index (κ1) is 25.6. The first-order chi connectivity index (χ1) is 15.4. The van der Waals surface area contributed by atoms with Crippen molar-refractivity contribution < 1.29 is 49.0 Å². The van der Waals surface area contributed by atoms with Gasteiger partial charge in [0.2, 0.25) is 5.82 Å². The Morgan fingerprint density at radius 2 is 1.50 bits per heavy atom. The van der Waals surface area contributed by atoms with Crippen LogP contribution in [0.25, 0.3) is 16.7 Å². The molecule has 0 aliphatic rings. The van der Waals surface area contributed by atoms with Gasteiger partial charge in [-0.15, -0.1) is 5.10 Å².